The molecule has 1 aromatic heterocycles. The van der Waals surface area contributed by atoms with Crippen LogP contribution in [0.25, 0.3) is 5.69 Å². The zero-order valence-electron chi connectivity index (χ0n) is 16.8. The predicted octanol–water partition coefficient (Wildman–Crippen LogP) is 3.54. The number of carbonyl (C=O) groups excluding carboxylic acids is 1. The molecule has 7 heteroatoms. The van der Waals surface area contributed by atoms with Crippen molar-refractivity contribution < 1.29 is 9.53 Å². The zero-order valence-corrected chi connectivity index (χ0v) is 17.6. The summed E-state index contributed by atoms with van der Waals surface area (Å²) in [5.74, 6) is 1.19. The normalized spacial score (nSPS) is 14.6. The van der Waals surface area contributed by atoms with E-state index in [2.05, 4.69) is 24.3 Å². The van der Waals surface area contributed by atoms with Gasteiger partial charge in [-0.05, 0) is 50.4 Å². The van der Waals surface area contributed by atoms with Crippen LogP contribution in [0.4, 0.5) is 0 Å². The summed E-state index contributed by atoms with van der Waals surface area (Å²) in [6.45, 7) is 8.34. The Morgan fingerprint density at radius 3 is 2.57 bits per heavy atom. The first kappa shape index (κ1) is 22.2. The molecule has 1 fully saturated rings. The lowest BCUT2D eigenvalue weighted by Crippen LogP contribution is -2.41. The molecule has 2 heterocycles. The number of amides is 1. The third kappa shape index (κ3) is 5.49. The van der Waals surface area contributed by atoms with Crippen molar-refractivity contribution in [1.82, 2.24) is 20.0 Å². The molecule has 0 aliphatic carbocycles. The minimum Gasteiger partial charge on any atom is -0.489 e. The van der Waals surface area contributed by atoms with Gasteiger partial charge in [0.05, 0.1) is 18.5 Å². The second-order valence-corrected chi connectivity index (χ2v) is 7.01. The molecule has 6 nitrogen and oxygen atoms in total. The van der Waals surface area contributed by atoms with E-state index < -0.39 is 0 Å². The number of halogens is 1. The van der Waals surface area contributed by atoms with Crippen LogP contribution in [0.3, 0.4) is 0 Å². The Hall–Kier alpha value is -2.05. The molecular weight excluding hydrogens is 376 g/mol. The Morgan fingerprint density at radius 2 is 1.93 bits per heavy atom. The maximum Gasteiger partial charge on any atom is 0.278 e. The molecule has 0 unspecified atom stereocenters. The molecule has 154 valence electrons. The smallest absolute Gasteiger partial charge is 0.278 e. The summed E-state index contributed by atoms with van der Waals surface area (Å²) in [6, 6.07) is 9.82. The fraction of sp³-hybridized carbons (Fsp3) is 0.524. The van der Waals surface area contributed by atoms with E-state index in [1.165, 1.54) is 0 Å². The maximum atomic E-state index is 13.1. The van der Waals surface area contributed by atoms with Crippen LogP contribution in [-0.4, -0.2) is 53.4 Å². The summed E-state index contributed by atoms with van der Waals surface area (Å²) in [6.07, 6.45) is 4.77. The van der Waals surface area contributed by atoms with Crippen molar-refractivity contribution in [3.63, 3.8) is 0 Å². The van der Waals surface area contributed by atoms with Crippen LogP contribution in [0.2, 0.25) is 0 Å². The topological polar surface area (TPSA) is 59.4 Å². The van der Waals surface area contributed by atoms with Crippen LogP contribution >= 0.6 is 12.4 Å². The Kier molecular flexibility index (Phi) is 8.80. The highest BCUT2D eigenvalue weighted by molar-refractivity contribution is 5.95. The number of aromatic nitrogens is 2. The van der Waals surface area contributed by atoms with E-state index in [1.807, 2.05) is 41.4 Å². The van der Waals surface area contributed by atoms with Gasteiger partial charge < -0.3 is 15.0 Å². The van der Waals surface area contributed by atoms with E-state index in [0.29, 0.717) is 24.0 Å². The van der Waals surface area contributed by atoms with E-state index in [1.54, 1.807) is 4.68 Å². The van der Waals surface area contributed by atoms with Crippen LogP contribution in [0.5, 0.6) is 5.75 Å². The van der Waals surface area contributed by atoms with Gasteiger partial charge in [-0.1, -0.05) is 32.0 Å². The van der Waals surface area contributed by atoms with Gasteiger partial charge in [-0.3, -0.25) is 4.79 Å². The van der Waals surface area contributed by atoms with E-state index in [4.69, 9.17) is 4.74 Å². The number of nitrogens with zero attached hydrogens (tertiary/aromatic N) is 3. The number of likely N-dealkylation sites (tertiary alicyclic amines) is 1. The molecule has 28 heavy (non-hydrogen) atoms. The highest BCUT2D eigenvalue weighted by Crippen LogP contribution is 2.24. The van der Waals surface area contributed by atoms with Crippen LogP contribution in [0.15, 0.2) is 36.5 Å². The predicted molar refractivity (Wildman–Crippen MR) is 114 cm³/mol. The number of hydrogen-bond acceptors (Lipinski definition) is 4. The second kappa shape index (κ2) is 11.1. The van der Waals surface area contributed by atoms with Gasteiger partial charge in [-0.2, -0.15) is 5.10 Å². The monoisotopic (exact) mass is 406 g/mol. The lowest BCUT2D eigenvalue weighted by Gasteiger charge is -2.31. The first-order valence-corrected chi connectivity index (χ1v) is 10.0. The lowest BCUT2D eigenvalue weighted by atomic mass is 9.96. The van der Waals surface area contributed by atoms with Gasteiger partial charge in [0.25, 0.3) is 5.91 Å². The number of benzene rings is 1. The third-order valence-electron chi connectivity index (χ3n) is 4.95. The molecule has 1 N–H and O–H groups in total. The van der Waals surface area contributed by atoms with E-state index in [-0.39, 0.29) is 18.3 Å². The minimum atomic E-state index is -0.0299. The van der Waals surface area contributed by atoms with Gasteiger partial charge >= 0.3 is 0 Å². The number of piperidine rings is 1. The molecule has 1 amide bonds. The number of nitrogens with one attached hydrogen (secondary N) is 1. The summed E-state index contributed by atoms with van der Waals surface area (Å²) >= 11 is 0. The van der Waals surface area contributed by atoms with Gasteiger partial charge in [-0.15, -0.1) is 12.4 Å². The average molecular weight is 407 g/mol. The molecule has 3 rings (SSSR count). The van der Waals surface area contributed by atoms with Crippen molar-refractivity contribution in [3.8, 4) is 11.4 Å². The van der Waals surface area contributed by atoms with Crippen LogP contribution in [-0.2, 0) is 0 Å². The zero-order chi connectivity index (χ0) is 19.1. The van der Waals surface area contributed by atoms with E-state index >= 15 is 0 Å². The van der Waals surface area contributed by atoms with Crippen LogP contribution in [0, 0.1) is 5.92 Å². The highest BCUT2D eigenvalue weighted by atomic mass is 35.5. The average Bonchev–Trinajstić information content (AvgIpc) is 3.15. The van der Waals surface area contributed by atoms with Crippen molar-refractivity contribution in [3.05, 3.63) is 42.2 Å². The Balaban J connectivity index is 0.00000280. The van der Waals surface area contributed by atoms with Gasteiger partial charge in [0, 0.05) is 13.1 Å². The fourth-order valence-corrected chi connectivity index (χ4v) is 3.38. The van der Waals surface area contributed by atoms with Gasteiger partial charge in [0.2, 0.25) is 0 Å². The molecule has 1 aliphatic rings. The summed E-state index contributed by atoms with van der Waals surface area (Å²) in [5, 5.41) is 7.97. The van der Waals surface area contributed by atoms with Crippen molar-refractivity contribution in [2.45, 2.75) is 33.1 Å². The summed E-state index contributed by atoms with van der Waals surface area (Å²) in [4.78, 5) is 15.0. The minimum absolute atomic E-state index is 0. The van der Waals surface area contributed by atoms with Crippen molar-refractivity contribution in [2.75, 3.05) is 32.8 Å². The lowest BCUT2D eigenvalue weighted by molar-refractivity contribution is 0.0679. The van der Waals surface area contributed by atoms with Gasteiger partial charge in [-0.25, -0.2) is 4.68 Å². The second-order valence-electron chi connectivity index (χ2n) is 7.01. The van der Waals surface area contributed by atoms with Gasteiger partial charge in [0.15, 0.2) is 11.4 Å². The summed E-state index contributed by atoms with van der Waals surface area (Å²) in [5.41, 5.74) is 1.33. The molecule has 0 radical (unpaired) electrons. The van der Waals surface area contributed by atoms with Crippen LogP contribution < -0.4 is 10.1 Å². The first-order valence-electron chi connectivity index (χ1n) is 10.0. The van der Waals surface area contributed by atoms with Gasteiger partial charge in [0.1, 0.15) is 0 Å². The number of rotatable bonds is 8. The summed E-state index contributed by atoms with van der Waals surface area (Å²) < 4.78 is 7.57. The third-order valence-corrected chi connectivity index (χ3v) is 4.95. The Labute approximate surface area is 173 Å². The van der Waals surface area contributed by atoms with E-state index in [0.717, 1.165) is 51.1 Å². The molecule has 2 aromatic rings. The van der Waals surface area contributed by atoms with Crippen molar-refractivity contribution in [2.24, 2.45) is 5.92 Å². The standard InChI is InChI=1S/C21H30N4O2.ClH/c1-3-14-27-19-16-25(18-8-6-5-7-9-18)23-20(19)21(26)24-12-10-17(11-13-24)15-22-4-2;/h5-9,16-17,22H,3-4,10-15H2,1-2H3;1H. The fourth-order valence-electron chi connectivity index (χ4n) is 3.38. The molecule has 0 bridgehead atoms. The first-order chi connectivity index (χ1) is 13.2. The highest BCUT2D eigenvalue weighted by Gasteiger charge is 2.28. The number of carbonyl (C=O) groups is 1. The molecular formula is C21H31ClN4O2. The molecule has 0 atom stereocenters. The quantitative estimate of drug-likeness (QED) is 0.728. The molecule has 0 saturated carbocycles. The largest absolute Gasteiger partial charge is 0.489 e. The van der Waals surface area contributed by atoms with E-state index in [9.17, 15) is 4.79 Å². The SMILES string of the molecule is CCCOc1cn(-c2ccccc2)nc1C(=O)N1CCC(CNCC)CC1.Cl. The maximum absolute atomic E-state index is 13.1. The number of hydrogen-bond donors (Lipinski definition) is 1. The Morgan fingerprint density at radius 1 is 1.21 bits per heavy atom. The number of ether oxygens (including phenoxy) is 1. The molecule has 1 aromatic carbocycles. The van der Waals surface area contributed by atoms with Crippen LogP contribution in [0.1, 0.15) is 43.6 Å². The van der Waals surface area contributed by atoms with Crippen molar-refractivity contribution in [1.29, 1.82) is 0 Å². The molecule has 0 spiro atoms. The number of para-hydroxylation sites is 1. The molecule has 1 saturated heterocycles. The Bertz CT molecular complexity index is 727. The molecule has 1 aliphatic heterocycles. The summed E-state index contributed by atoms with van der Waals surface area (Å²) in [7, 11) is 0. The van der Waals surface area contributed by atoms with Crippen molar-refractivity contribution >= 4 is 18.3 Å².